The van der Waals surface area contributed by atoms with Gasteiger partial charge in [-0.2, -0.15) is 26.3 Å². The number of aromatic nitrogens is 1. The monoisotopic (exact) mass is 325 g/mol. The molecule has 0 unspecified atom stereocenters. The van der Waals surface area contributed by atoms with Gasteiger partial charge >= 0.3 is 12.4 Å². The molecule has 8 heteroatoms. The minimum atomic E-state index is -4.74. The van der Waals surface area contributed by atoms with Crippen LogP contribution < -0.4 is 0 Å². The zero-order valence-electron chi connectivity index (χ0n) is 10.1. The third kappa shape index (κ3) is 3.29. The van der Waals surface area contributed by atoms with E-state index in [1.54, 1.807) is 0 Å². The third-order valence-electron chi connectivity index (χ3n) is 2.68. The summed E-state index contributed by atoms with van der Waals surface area (Å²) in [5.74, 6) is 0. The summed E-state index contributed by atoms with van der Waals surface area (Å²) in [5, 5.41) is -0.648. The van der Waals surface area contributed by atoms with Crippen molar-refractivity contribution in [2.45, 2.75) is 12.4 Å². The number of rotatable bonds is 1. The number of nitrogens with zero attached hydrogens (tertiary/aromatic N) is 1. The fourth-order valence-corrected chi connectivity index (χ4v) is 2.03. The molecule has 0 bridgehead atoms. The normalized spacial score (nSPS) is 12.5. The van der Waals surface area contributed by atoms with E-state index in [0.29, 0.717) is 0 Å². The lowest BCUT2D eigenvalue weighted by molar-refractivity contribution is -0.141. The summed E-state index contributed by atoms with van der Waals surface area (Å²) in [4.78, 5) is 3.16. The Morgan fingerprint density at radius 2 is 1.38 bits per heavy atom. The summed E-state index contributed by atoms with van der Waals surface area (Å²) in [5.41, 5.74) is -2.07. The van der Waals surface area contributed by atoms with Crippen LogP contribution in [0.3, 0.4) is 0 Å². The fourth-order valence-electron chi connectivity index (χ4n) is 1.70. The average molecular weight is 326 g/mol. The van der Waals surface area contributed by atoms with Crippen molar-refractivity contribution in [3.05, 3.63) is 52.8 Å². The van der Waals surface area contributed by atoms with Crippen LogP contribution in [0, 0.1) is 0 Å². The Morgan fingerprint density at radius 3 is 1.86 bits per heavy atom. The van der Waals surface area contributed by atoms with E-state index in [1.807, 2.05) is 0 Å². The molecule has 2 rings (SSSR count). The van der Waals surface area contributed by atoms with E-state index in [9.17, 15) is 26.3 Å². The van der Waals surface area contributed by atoms with Gasteiger partial charge in [0, 0.05) is 11.8 Å². The highest BCUT2D eigenvalue weighted by molar-refractivity contribution is 6.34. The van der Waals surface area contributed by atoms with Crippen molar-refractivity contribution < 1.29 is 26.3 Å². The molecular weight excluding hydrogens is 320 g/mol. The number of alkyl halides is 6. The fraction of sp³-hybridized carbons (Fsp3) is 0.154. The van der Waals surface area contributed by atoms with E-state index in [1.165, 1.54) is 6.07 Å². The van der Waals surface area contributed by atoms with Crippen LogP contribution in [0.4, 0.5) is 26.3 Å². The van der Waals surface area contributed by atoms with E-state index < -0.39 is 28.6 Å². The lowest BCUT2D eigenvalue weighted by Crippen LogP contribution is -2.09. The standard InChI is InChI=1S/C13H6ClF6N/c14-10-9(5-6-21-11(10)13(18,19)20)7-1-3-8(4-2-7)12(15,16)17/h1-6H. The molecule has 0 saturated carbocycles. The minimum absolute atomic E-state index is 0.0345. The van der Waals surface area contributed by atoms with Gasteiger partial charge in [-0.1, -0.05) is 23.7 Å². The summed E-state index contributed by atoms with van der Waals surface area (Å²) in [6.45, 7) is 0. The first-order chi connectivity index (χ1) is 9.60. The molecule has 0 saturated heterocycles. The van der Waals surface area contributed by atoms with Gasteiger partial charge in [-0.3, -0.25) is 4.98 Å². The molecule has 0 atom stereocenters. The second-order valence-electron chi connectivity index (χ2n) is 4.09. The molecule has 112 valence electrons. The lowest BCUT2D eigenvalue weighted by Gasteiger charge is -2.12. The van der Waals surface area contributed by atoms with Gasteiger partial charge < -0.3 is 0 Å². The molecule has 0 spiro atoms. The van der Waals surface area contributed by atoms with Gasteiger partial charge in [0.15, 0.2) is 5.69 Å². The summed E-state index contributed by atoms with van der Waals surface area (Å²) >= 11 is 5.65. The van der Waals surface area contributed by atoms with E-state index in [-0.39, 0.29) is 11.1 Å². The van der Waals surface area contributed by atoms with E-state index in [0.717, 1.165) is 30.5 Å². The van der Waals surface area contributed by atoms with Gasteiger partial charge in [-0.15, -0.1) is 0 Å². The predicted molar refractivity (Wildman–Crippen MR) is 64.7 cm³/mol. The largest absolute Gasteiger partial charge is 0.434 e. The molecule has 1 heterocycles. The summed E-state index contributed by atoms with van der Waals surface area (Å²) in [6.07, 6.45) is -8.35. The Labute approximate surface area is 120 Å². The average Bonchev–Trinajstić information content (AvgIpc) is 2.37. The molecule has 0 aliphatic heterocycles. The molecule has 0 aliphatic carbocycles. The van der Waals surface area contributed by atoms with Crippen LogP contribution in [-0.2, 0) is 12.4 Å². The van der Waals surface area contributed by atoms with E-state index >= 15 is 0 Å². The molecule has 1 aromatic carbocycles. The van der Waals surface area contributed by atoms with Gasteiger partial charge in [-0.05, 0) is 23.8 Å². The highest BCUT2D eigenvalue weighted by Crippen LogP contribution is 2.39. The maximum atomic E-state index is 12.7. The van der Waals surface area contributed by atoms with Crippen molar-refractivity contribution in [3.8, 4) is 11.1 Å². The molecule has 0 fully saturated rings. The number of pyridine rings is 1. The Kier molecular flexibility index (Phi) is 3.88. The van der Waals surface area contributed by atoms with Gasteiger partial charge in [0.05, 0.1) is 10.6 Å². The van der Waals surface area contributed by atoms with Crippen LogP contribution in [-0.4, -0.2) is 4.98 Å². The van der Waals surface area contributed by atoms with Crippen LogP contribution in [0.15, 0.2) is 36.5 Å². The SMILES string of the molecule is FC(F)(F)c1ccc(-c2ccnc(C(F)(F)F)c2Cl)cc1. The van der Waals surface area contributed by atoms with Gasteiger partial charge in [-0.25, -0.2) is 0 Å². The van der Waals surface area contributed by atoms with Crippen molar-refractivity contribution in [1.82, 2.24) is 4.98 Å². The number of hydrogen-bond acceptors (Lipinski definition) is 1. The number of hydrogen-bond donors (Lipinski definition) is 0. The molecule has 1 nitrogen and oxygen atoms in total. The summed E-state index contributed by atoms with van der Waals surface area (Å²) < 4.78 is 75.3. The number of benzene rings is 1. The zero-order chi connectivity index (χ0) is 15.8. The topological polar surface area (TPSA) is 12.9 Å². The molecule has 0 radical (unpaired) electrons. The maximum Gasteiger partial charge on any atom is 0.434 e. The van der Waals surface area contributed by atoms with Crippen LogP contribution in [0.1, 0.15) is 11.3 Å². The Hall–Kier alpha value is -1.76. The van der Waals surface area contributed by atoms with Crippen molar-refractivity contribution in [2.24, 2.45) is 0 Å². The van der Waals surface area contributed by atoms with Crippen LogP contribution in [0.2, 0.25) is 5.02 Å². The van der Waals surface area contributed by atoms with Crippen LogP contribution in [0.25, 0.3) is 11.1 Å². The first-order valence-corrected chi connectivity index (χ1v) is 5.88. The lowest BCUT2D eigenvalue weighted by atomic mass is 10.0. The second-order valence-corrected chi connectivity index (χ2v) is 4.47. The Balaban J connectivity index is 2.48. The van der Waals surface area contributed by atoms with Gasteiger partial charge in [0.25, 0.3) is 0 Å². The first kappa shape index (κ1) is 15.6. The highest BCUT2D eigenvalue weighted by Gasteiger charge is 2.36. The quantitative estimate of drug-likeness (QED) is 0.636. The minimum Gasteiger partial charge on any atom is -0.250 e. The first-order valence-electron chi connectivity index (χ1n) is 5.50. The molecule has 1 aromatic heterocycles. The molecule has 21 heavy (non-hydrogen) atoms. The molecule has 0 amide bonds. The van der Waals surface area contributed by atoms with Crippen molar-refractivity contribution >= 4 is 11.6 Å². The summed E-state index contributed by atoms with van der Waals surface area (Å²) in [6, 6.07) is 4.88. The van der Waals surface area contributed by atoms with Gasteiger partial charge in [0.1, 0.15) is 0 Å². The van der Waals surface area contributed by atoms with Crippen molar-refractivity contribution in [3.63, 3.8) is 0 Å². The Bertz CT molecular complexity index is 645. The van der Waals surface area contributed by atoms with Crippen molar-refractivity contribution in [1.29, 1.82) is 0 Å². The van der Waals surface area contributed by atoms with E-state index in [2.05, 4.69) is 4.98 Å². The predicted octanol–water partition coefficient (Wildman–Crippen LogP) is 5.44. The van der Waals surface area contributed by atoms with Crippen molar-refractivity contribution in [2.75, 3.05) is 0 Å². The van der Waals surface area contributed by atoms with E-state index in [4.69, 9.17) is 11.6 Å². The maximum absolute atomic E-state index is 12.7. The van der Waals surface area contributed by atoms with Crippen LogP contribution >= 0.6 is 11.6 Å². The number of halogens is 7. The third-order valence-corrected chi connectivity index (χ3v) is 3.06. The Morgan fingerprint density at radius 1 is 0.810 bits per heavy atom. The second kappa shape index (κ2) is 5.22. The molecular formula is C13H6ClF6N. The molecule has 2 aromatic rings. The van der Waals surface area contributed by atoms with Gasteiger partial charge in [0.2, 0.25) is 0 Å². The smallest absolute Gasteiger partial charge is 0.250 e. The highest BCUT2D eigenvalue weighted by atomic mass is 35.5. The summed E-state index contributed by atoms with van der Waals surface area (Å²) in [7, 11) is 0. The molecule has 0 N–H and O–H groups in total. The van der Waals surface area contributed by atoms with Crippen LogP contribution in [0.5, 0.6) is 0 Å². The molecule has 0 aliphatic rings. The zero-order valence-corrected chi connectivity index (χ0v) is 10.8.